The molecule has 0 aliphatic carbocycles. The Labute approximate surface area is 139 Å². The molecule has 0 saturated heterocycles. The molecule has 1 aromatic carbocycles. The van der Waals surface area contributed by atoms with Gasteiger partial charge in [0.15, 0.2) is 0 Å². The van der Waals surface area contributed by atoms with E-state index in [2.05, 4.69) is 15.0 Å². The highest BCUT2D eigenvalue weighted by atomic mass is 16.5. The van der Waals surface area contributed by atoms with Crippen LogP contribution in [0.3, 0.4) is 0 Å². The van der Waals surface area contributed by atoms with Crippen molar-refractivity contribution in [3.63, 3.8) is 0 Å². The Bertz CT molecular complexity index is 800. The second-order valence-electron chi connectivity index (χ2n) is 5.12. The number of ether oxygens (including phenoxy) is 2. The van der Waals surface area contributed by atoms with E-state index in [1.54, 1.807) is 12.3 Å². The van der Waals surface area contributed by atoms with Gasteiger partial charge in [0.2, 0.25) is 0 Å². The van der Waals surface area contributed by atoms with Crippen LogP contribution in [0.5, 0.6) is 0 Å². The number of fused-ring (bicyclic) bond motifs is 1. The molecule has 0 amide bonds. The molecule has 24 heavy (non-hydrogen) atoms. The van der Waals surface area contributed by atoms with Gasteiger partial charge in [0, 0.05) is 31.4 Å². The van der Waals surface area contributed by atoms with Crippen molar-refractivity contribution >= 4 is 34.2 Å². The normalized spacial score (nSPS) is 11.1. The van der Waals surface area contributed by atoms with Crippen molar-refractivity contribution < 1.29 is 19.1 Å². The monoisotopic (exact) mass is 329 g/mol. The molecule has 0 saturated carbocycles. The zero-order valence-corrected chi connectivity index (χ0v) is 14.0. The number of pyridine rings is 1. The smallest absolute Gasteiger partial charge is 0.354 e. The average molecular weight is 329 g/mol. The Morgan fingerprint density at radius 3 is 2.54 bits per heavy atom. The van der Waals surface area contributed by atoms with Crippen LogP contribution in [0.15, 0.2) is 42.2 Å². The van der Waals surface area contributed by atoms with Crippen LogP contribution in [0, 0.1) is 0 Å². The lowest BCUT2D eigenvalue weighted by Gasteiger charge is -2.17. The number of benzene rings is 1. The summed E-state index contributed by atoms with van der Waals surface area (Å²) in [7, 11) is 6.32. The van der Waals surface area contributed by atoms with E-state index in [1.165, 1.54) is 14.2 Å². The number of anilines is 2. The van der Waals surface area contributed by atoms with Crippen LogP contribution in [-0.4, -0.2) is 45.2 Å². The summed E-state index contributed by atoms with van der Waals surface area (Å²) in [5.41, 5.74) is 2.32. The largest absolute Gasteiger partial charge is 0.466 e. The Balaban J connectivity index is 2.52. The molecule has 0 aliphatic heterocycles. The Morgan fingerprint density at radius 2 is 1.92 bits per heavy atom. The van der Waals surface area contributed by atoms with Gasteiger partial charge in [-0.3, -0.25) is 4.98 Å². The Kier molecular flexibility index (Phi) is 5.36. The predicted molar refractivity (Wildman–Crippen MR) is 91.8 cm³/mol. The van der Waals surface area contributed by atoms with Crippen molar-refractivity contribution in [1.29, 1.82) is 0 Å². The molecule has 7 nitrogen and oxygen atoms in total. The van der Waals surface area contributed by atoms with Gasteiger partial charge in [-0.2, -0.15) is 0 Å². The van der Waals surface area contributed by atoms with Gasteiger partial charge >= 0.3 is 11.9 Å². The highest BCUT2D eigenvalue weighted by molar-refractivity contribution is 6.04. The second kappa shape index (κ2) is 7.45. The molecule has 0 aliphatic rings. The first-order valence-electron chi connectivity index (χ1n) is 7.18. The minimum Gasteiger partial charge on any atom is -0.466 e. The topological polar surface area (TPSA) is 80.8 Å². The lowest BCUT2D eigenvalue weighted by molar-refractivity contribution is -0.138. The summed E-state index contributed by atoms with van der Waals surface area (Å²) in [6.45, 7) is 0. The maximum absolute atomic E-state index is 11.9. The van der Waals surface area contributed by atoms with Crippen LogP contribution < -0.4 is 10.2 Å². The Morgan fingerprint density at radius 1 is 1.17 bits per heavy atom. The molecule has 0 atom stereocenters. The molecular weight excluding hydrogens is 310 g/mol. The van der Waals surface area contributed by atoms with Gasteiger partial charge in [0.25, 0.3) is 0 Å². The number of nitrogens with one attached hydrogen (secondary N) is 1. The summed E-state index contributed by atoms with van der Waals surface area (Å²) in [5, 5.41) is 3.74. The highest BCUT2D eigenvalue weighted by Crippen LogP contribution is 2.30. The van der Waals surface area contributed by atoms with Crippen molar-refractivity contribution in [2.45, 2.75) is 0 Å². The van der Waals surface area contributed by atoms with E-state index in [1.807, 2.05) is 37.2 Å². The van der Waals surface area contributed by atoms with Crippen LogP contribution in [-0.2, 0) is 19.1 Å². The maximum Gasteiger partial charge on any atom is 0.354 e. The van der Waals surface area contributed by atoms with Gasteiger partial charge in [-0.25, -0.2) is 9.59 Å². The fourth-order valence-electron chi connectivity index (χ4n) is 2.21. The van der Waals surface area contributed by atoms with Crippen molar-refractivity contribution in [3.8, 4) is 0 Å². The van der Waals surface area contributed by atoms with Crippen LogP contribution in [0.1, 0.15) is 0 Å². The van der Waals surface area contributed by atoms with Crippen LogP contribution in [0.25, 0.3) is 10.9 Å². The maximum atomic E-state index is 11.9. The minimum atomic E-state index is -0.672. The number of esters is 2. The molecule has 1 N–H and O–H groups in total. The zero-order valence-electron chi connectivity index (χ0n) is 14.0. The fourth-order valence-corrected chi connectivity index (χ4v) is 2.21. The van der Waals surface area contributed by atoms with Gasteiger partial charge < -0.3 is 19.7 Å². The number of methoxy groups -OCH3 is 2. The van der Waals surface area contributed by atoms with Crippen LogP contribution >= 0.6 is 0 Å². The van der Waals surface area contributed by atoms with E-state index in [-0.39, 0.29) is 5.70 Å². The molecule has 126 valence electrons. The third kappa shape index (κ3) is 3.62. The first-order chi connectivity index (χ1) is 11.5. The molecule has 0 spiro atoms. The molecule has 0 fully saturated rings. The number of carbonyl (C=O) groups excluding carboxylic acids is 2. The van der Waals surface area contributed by atoms with Gasteiger partial charge in [0.1, 0.15) is 5.70 Å². The third-order valence-electron chi connectivity index (χ3n) is 3.37. The van der Waals surface area contributed by atoms with Gasteiger partial charge in [0.05, 0.1) is 31.5 Å². The summed E-state index contributed by atoms with van der Waals surface area (Å²) >= 11 is 0. The summed E-state index contributed by atoms with van der Waals surface area (Å²) in [5.74, 6) is -1.33. The Hall–Kier alpha value is -3.09. The van der Waals surface area contributed by atoms with Crippen molar-refractivity contribution in [2.75, 3.05) is 38.5 Å². The first-order valence-corrected chi connectivity index (χ1v) is 7.18. The van der Waals surface area contributed by atoms with Crippen LogP contribution in [0.2, 0.25) is 0 Å². The first kappa shape index (κ1) is 17.3. The lowest BCUT2D eigenvalue weighted by atomic mass is 10.1. The summed E-state index contributed by atoms with van der Waals surface area (Å²) in [6.07, 6.45) is 2.75. The molecule has 7 heteroatoms. The van der Waals surface area contributed by atoms with E-state index < -0.39 is 11.9 Å². The van der Waals surface area contributed by atoms with E-state index in [9.17, 15) is 9.59 Å². The molecule has 0 bridgehead atoms. The molecule has 2 aromatic rings. The summed E-state index contributed by atoms with van der Waals surface area (Å²) in [6, 6.07) is 7.37. The standard InChI is InChI=1S/C17H19N3O4/c1-20(2)14-8-7-12(11-6-5-9-18-16(11)14)19-13(17(22)24-4)10-15(21)23-3/h5-10,19H,1-4H3/b13-10+. The van der Waals surface area contributed by atoms with E-state index in [0.717, 1.165) is 22.7 Å². The molecule has 1 aromatic heterocycles. The summed E-state index contributed by atoms with van der Waals surface area (Å²) < 4.78 is 9.27. The molecular formula is C17H19N3O4. The van der Waals surface area contributed by atoms with Gasteiger partial charge in [-0.1, -0.05) is 0 Å². The molecule has 2 rings (SSSR count). The fraction of sp³-hybridized carbons (Fsp3) is 0.235. The quantitative estimate of drug-likeness (QED) is 0.663. The van der Waals surface area contributed by atoms with Gasteiger partial charge in [-0.15, -0.1) is 0 Å². The molecule has 0 unspecified atom stereocenters. The second-order valence-corrected chi connectivity index (χ2v) is 5.12. The lowest BCUT2D eigenvalue weighted by Crippen LogP contribution is -2.16. The van der Waals surface area contributed by atoms with Crippen molar-refractivity contribution in [2.24, 2.45) is 0 Å². The van der Waals surface area contributed by atoms with Crippen molar-refractivity contribution in [3.05, 3.63) is 42.2 Å². The zero-order chi connectivity index (χ0) is 17.7. The minimum absolute atomic E-state index is 0.0212. The number of aromatic nitrogens is 1. The number of carbonyl (C=O) groups is 2. The van der Waals surface area contributed by atoms with Crippen LogP contribution in [0.4, 0.5) is 11.4 Å². The van der Waals surface area contributed by atoms with Crippen molar-refractivity contribution in [1.82, 2.24) is 4.98 Å². The SMILES string of the molecule is COC(=O)/C=C(/Nc1ccc(N(C)C)c2ncccc12)C(=O)OC. The number of hydrogen-bond acceptors (Lipinski definition) is 7. The number of hydrogen-bond donors (Lipinski definition) is 1. The molecule has 0 radical (unpaired) electrons. The predicted octanol–water partition coefficient (Wildman–Crippen LogP) is 1.94. The highest BCUT2D eigenvalue weighted by Gasteiger charge is 2.15. The van der Waals surface area contributed by atoms with E-state index >= 15 is 0 Å². The van der Waals surface area contributed by atoms with E-state index in [4.69, 9.17) is 4.74 Å². The third-order valence-corrected chi connectivity index (χ3v) is 3.37. The number of nitrogens with zero attached hydrogens (tertiary/aromatic N) is 2. The van der Waals surface area contributed by atoms with E-state index in [0.29, 0.717) is 5.69 Å². The average Bonchev–Trinajstić information content (AvgIpc) is 2.60. The summed E-state index contributed by atoms with van der Waals surface area (Å²) in [4.78, 5) is 29.7. The number of rotatable bonds is 5. The van der Waals surface area contributed by atoms with Gasteiger partial charge in [-0.05, 0) is 24.3 Å². The molecule has 1 heterocycles.